The SMILES string of the molecule is Cc1nc2ccc(Br)cc2c(=O)n1N=Cc1cc(Cl)c(OCc2ccccc2)c([N+](=O)[O-])c1. The lowest BCUT2D eigenvalue weighted by molar-refractivity contribution is -0.385. The van der Waals surface area contributed by atoms with Crippen LogP contribution in [-0.4, -0.2) is 20.8 Å². The molecular weight excluding hydrogens is 512 g/mol. The van der Waals surface area contributed by atoms with Crippen LogP contribution in [0.1, 0.15) is 17.0 Å². The van der Waals surface area contributed by atoms with E-state index >= 15 is 0 Å². The molecule has 0 saturated heterocycles. The minimum absolute atomic E-state index is 0.0340. The largest absolute Gasteiger partial charge is 0.481 e. The van der Waals surface area contributed by atoms with Crippen LogP contribution >= 0.6 is 27.5 Å². The maximum Gasteiger partial charge on any atom is 0.313 e. The van der Waals surface area contributed by atoms with Crippen LogP contribution in [0.3, 0.4) is 0 Å². The second-order valence-electron chi connectivity index (χ2n) is 7.06. The van der Waals surface area contributed by atoms with E-state index in [2.05, 4.69) is 26.0 Å². The average molecular weight is 528 g/mol. The molecule has 0 N–H and O–H groups in total. The van der Waals surface area contributed by atoms with Gasteiger partial charge in [-0.05, 0) is 36.8 Å². The quantitative estimate of drug-likeness (QED) is 0.187. The van der Waals surface area contributed by atoms with E-state index in [1.807, 2.05) is 30.3 Å². The van der Waals surface area contributed by atoms with Crippen molar-refractivity contribution in [1.29, 1.82) is 0 Å². The van der Waals surface area contributed by atoms with E-state index in [0.29, 0.717) is 22.3 Å². The maximum atomic E-state index is 12.9. The van der Waals surface area contributed by atoms with Gasteiger partial charge in [-0.1, -0.05) is 57.9 Å². The highest BCUT2D eigenvalue weighted by Crippen LogP contribution is 2.36. The molecule has 0 aliphatic carbocycles. The molecule has 4 rings (SSSR count). The fourth-order valence-corrected chi connectivity index (χ4v) is 3.84. The highest BCUT2D eigenvalue weighted by molar-refractivity contribution is 9.10. The zero-order valence-electron chi connectivity index (χ0n) is 17.2. The topological polar surface area (TPSA) is 99.6 Å². The van der Waals surface area contributed by atoms with Gasteiger partial charge in [-0.15, -0.1) is 0 Å². The van der Waals surface area contributed by atoms with Gasteiger partial charge in [0.15, 0.2) is 0 Å². The van der Waals surface area contributed by atoms with Crippen molar-refractivity contribution in [2.45, 2.75) is 13.5 Å². The van der Waals surface area contributed by atoms with Crippen molar-refractivity contribution < 1.29 is 9.66 Å². The summed E-state index contributed by atoms with van der Waals surface area (Å²) in [5.41, 5.74) is 1.06. The first-order valence-electron chi connectivity index (χ1n) is 9.71. The van der Waals surface area contributed by atoms with Crippen molar-refractivity contribution in [3.8, 4) is 5.75 Å². The van der Waals surface area contributed by atoms with Gasteiger partial charge in [-0.3, -0.25) is 14.9 Å². The third kappa shape index (κ3) is 4.94. The average Bonchev–Trinajstić information content (AvgIpc) is 2.79. The molecule has 3 aromatic carbocycles. The Kier molecular flexibility index (Phi) is 6.52. The molecule has 0 radical (unpaired) electrons. The molecular formula is C23H16BrClN4O4. The van der Waals surface area contributed by atoms with Gasteiger partial charge in [-0.2, -0.15) is 9.78 Å². The van der Waals surface area contributed by atoms with E-state index < -0.39 is 4.92 Å². The first kappa shape index (κ1) is 22.6. The summed E-state index contributed by atoms with van der Waals surface area (Å²) in [6.07, 6.45) is 1.32. The van der Waals surface area contributed by atoms with Crippen molar-refractivity contribution in [1.82, 2.24) is 9.66 Å². The molecule has 1 heterocycles. The van der Waals surface area contributed by atoms with Crippen LogP contribution in [0.25, 0.3) is 10.9 Å². The highest BCUT2D eigenvalue weighted by Gasteiger charge is 2.20. The molecule has 1 aromatic heterocycles. The molecule has 10 heteroatoms. The maximum absolute atomic E-state index is 12.9. The molecule has 0 atom stereocenters. The molecule has 0 aliphatic rings. The zero-order valence-corrected chi connectivity index (χ0v) is 19.6. The van der Waals surface area contributed by atoms with Crippen LogP contribution in [-0.2, 0) is 6.61 Å². The molecule has 33 heavy (non-hydrogen) atoms. The number of benzene rings is 3. The number of rotatable bonds is 6. The molecule has 0 spiro atoms. The van der Waals surface area contributed by atoms with Crippen molar-refractivity contribution in [2.24, 2.45) is 5.10 Å². The van der Waals surface area contributed by atoms with Crippen molar-refractivity contribution in [2.75, 3.05) is 0 Å². The summed E-state index contributed by atoms with van der Waals surface area (Å²) in [6.45, 7) is 1.78. The lowest BCUT2D eigenvalue weighted by Gasteiger charge is -2.10. The third-order valence-corrected chi connectivity index (χ3v) is 5.54. The van der Waals surface area contributed by atoms with Gasteiger partial charge in [0, 0.05) is 16.1 Å². The predicted molar refractivity (Wildman–Crippen MR) is 130 cm³/mol. The normalized spacial score (nSPS) is 11.2. The minimum Gasteiger partial charge on any atom is -0.481 e. The van der Waals surface area contributed by atoms with Crippen LogP contribution in [0.15, 0.2) is 75.0 Å². The Bertz CT molecular complexity index is 1450. The monoisotopic (exact) mass is 526 g/mol. The Morgan fingerprint density at radius 1 is 1.21 bits per heavy atom. The van der Waals surface area contributed by atoms with E-state index in [0.717, 1.165) is 14.7 Å². The molecule has 8 nitrogen and oxygen atoms in total. The van der Waals surface area contributed by atoms with E-state index in [4.69, 9.17) is 16.3 Å². The number of fused-ring (bicyclic) bond motifs is 1. The fourth-order valence-electron chi connectivity index (χ4n) is 3.20. The Labute approximate surface area is 201 Å². The van der Waals surface area contributed by atoms with Gasteiger partial charge in [-0.25, -0.2) is 4.98 Å². The molecule has 0 amide bonds. The number of nitro groups is 1. The highest BCUT2D eigenvalue weighted by atomic mass is 79.9. The van der Waals surface area contributed by atoms with Gasteiger partial charge >= 0.3 is 5.69 Å². The second-order valence-corrected chi connectivity index (χ2v) is 8.39. The van der Waals surface area contributed by atoms with E-state index in [-0.39, 0.29) is 28.6 Å². The summed E-state index contributed by atoms with van der Waals surface area (Å²) in [6, 6.07) is 17.2. The number of aryl methyl sites for hydroxylation is 1. The summed E-state index contributed by atoms with van der Waals surface area (Å²) < 4.78 is 7.51. The van der Waals surface area contributed by atoms with Crippen LogP contribution in [0.5, 0.6) is 5.75 Å². The second kappa shape index (κ2) is 9.51. The number of ether oxygens (including phenoxy) is 1. The molecule has 0 unspecified atom stereocenters. The summed E-state index contributed by atoms with van der Waals surface area (Å²) >= 11 is 9.65. The molecule has 4 aromatic rings. The van der Waals surface area contributed by atoms with Gasteiger partial charge in [0.25, 0.3) is 5.56 Å². The van der Waals surface area contributed by atoms with Crippen molar-refractivity contribution >= 4 is 50.3 Å². The molecule has 0 saturated carbocycles. The van der Waals surface area contributed by atoms with Crippen molar-refractivity contribution in [3.05, 3.63) is 108 Å². The number of hydrogen-bond donors (Lipinski definition) is 0. The first-order valence-corrected chi connectivity index (χ1v) is 10.9. The number of aromatic nitrogens is 2. The number of halogens is 2. The summed E-state index contributed by atoms with van der Waals surface area (Å²) in [7, 11) is 0. The number of hydrogen-bond acceptors (Lipinski definition) is 6. The third-order valence-electron chi connectivity index (χ3n) is 4.76. The zero-order chi connectivity index (χ0) is 23.5. The van der Waals surface area contributed by atoms with Gasteiger partial charge in [0.05, 0.1) is 27.1 Å². The smallest absolute Gasteiger partial charge is 0.313 e. The summed E-state index contributed by atoms with van der Waals surface area (Å²) in [5.74, 6) is 0.336. The predicted octanol–water partition coefficient (Wildman–Crippen LogP) is 5.49. The Balaban J connectivity index is 1.69. The Hall–Kier alpha value is -3.56. The molecule has 0 fully saturated rings. The summed E-state index contributed by atoms with van der Waals surface area (Å²) in [4.78, 5) is 28.3. The Morgan fingerprint density at radius 3 is 2.70 bits per heavy atom. The van der Waals surface area contributed by atoms with Crippen molar-refractivity contribution in [3.63, 3.8) is 0 Å². The van der Waals surface area contributed by atoms with Gasteiger partial charge < -0.3 is 4.74 Å². The van der Waals surface area contributed by atoms with E-state index in [1.165, 1.54) is 18.3 Å². The molecule has 0 aliphatic heterocycles. The molecule has 0 bridgehead atoms. The minimum atomic E-state index is -0.573. The van der Waals surface area contributed by atoms with E-state index in [1.54, 1.807) is 25.1 Å². The first-order chi connectivity index (χ1) is 15.8. The Morgan fingerprint density at radius 2 is 1.97 bits per heavy atom. The summed E-state index contributed by atoms with van der Waals surface area (Å²) in [5, 5.41) is 16.3. The number of nitrogens with zero attached hydrogens (tertiary/aromatic N) is 4. The lowest BCUT2D eigenvalue weighted by atomic mass is 10.2. The lowest BCUT2D eigenvalue weighted by Crippen LogP contribution is -2.20. The molecule has 166 valence electrons. The van der Waals surface area contributed by atoms with Crippen LogP contribution < -0.4 is 10.3 Å². The number of nitro benzene ring substituents is 1. The van der Waals surface area contributed by atoms with Crippen LogP contribution in [0.4, 0.5) is 5.69 Å². The standard InChI is InChI=1S/C23H16BrClN4O4/c1-14-27-20-8-7-17(24)11-18(20)23(30)28(14)26-12-16-9-19(25)22(21(10-16)29(31)32)33-13-15-5-3-2-4-6-15/h2-12H,13H2,1H3. The van der Waals surface area contributed by atoms with E-state index in [9.17, 15) is 14.9 Å². The van der Waals surface area contributed by atoms with Gasteiger partial charge in [0.2, 0.25) is 5.75 Å². The van der Waals surface area contributed by atoms with Crippen LogP contribution in [0.2, 0.25) is 5.02 Å². The van der Waals surface area contributed by atoms with Crippen LogP contribution in [0, 0.1) is 17.0 Å². The van der Waals surface area contributed by atoms with Gasteiger partial charge in [0.1, 0.15) is 12.4 Å². The fraction of sp³-hybridized carbons (Fsp3) is 0.0870.